The summed E-state index contributed by atoms with van der Waals surface area (Å²) in [5.74, 6) is -2.14. The molecule has 0 saturated carbocycles. The van der Waals surface area contributed by atoms with Crippen molar-refractivity contribution >= 4 is 11.6 Å². The number of non-ortho nitro benzene ring substituents is 1. The molecule has 1 atom stereocenters. The Bertz CT molecular complexity index is 560. The maximum Gasteiger partial charge on any atom is 0.393 e. The minimum absolute atomic E-state index is 0.00220. The van der Waals surface area contributed by atoms with E-state index in [0.29, 0.717) is 0 Å². The van der Waals surface area contributed by atoms with Crippen LogP contribution in [-0.2, 0) is 0 Å². The van der Waals surface area contributed by atoms with Crippen LogP contribution in [0.15, 0.2) is 24.3 Å². The minimum atomic E-state index is -4.33. The zero-order valence-corrected chi connectivity index (χ0v) is 11.0. The number of carbonyl (C=O) groups excluding carboxylic acids is 1. The summed E-state index contributed by atoms with van der Waals surface area (Å²) in [6, 6.07) is 5.02. The number of halogens is 3. The van der Waals surface area contributed by atoms with E-state index in [9.17, 15) is 28.1 Å². The number of hydrogen-bond acceptors (Lipinski definition) is 3. The number of piperidine rings is 1. The molecule has 21 heavy (non-hydrogen) atoms. The Morgan fingerprint density at radius 2 is 2.10 bits per heavy atom. The molecule has 114 valence electrons. The SMILES string of the molecule is O=C(c1cccc([N+](=O)[O-])c1)N1CCC[C@H](C(F)(F)F)C1. The van der Waals surface area contributed by atoms with Gasteiger partial charge < -0.3 is 4.90 Å². The highest BCUT2D eigenvalue weighted by molar-refractivity contribution is 5.94. The maximum absolute atomic E-state index is 12.7. The van der Waals surface area contributed by atoms with Crippen molar-refractivity contribution in [2.24, 2.45) is 5.92 Å². The molecular formula is C13H13F3N2O3. The monoisotopic (exact) mass is 302 g/mol. The first-order valence-corrected chi connectivity index (χ1v) is 6.39. The van der Waals surface area contributed by atoms with Crippen molar-refractivity contribution in [3.63, 3.8) is 0 Å². The summed E-state index contributed by atoms with van der Waals surface area (Å²) < 4.78 is 38.2. The first kappa shape index (κ1) is 15.3. The van der Waals surface area contributed by atoms with Crippen LogP contribution in [0.4, 0.5) is 18.9 Å². The van der Waals surface area contributed by atoms with Crippen LogP contribution in [0, 0.1) is 16.0 Å². The van der Waals surface area contributed by atoms with E-state index < -0.39 is 29.5 Å². The quantitative estimate of drug-likeness (QED) is 0.623. The summed E-state index contributed by atoms with van der Waals surface area (Å²) in [6.45, 7) is -0.168. The molecule has 0 unspecified atom stereocenters. The van der Waals surface area contributed by atoms with E-state index in [2.05, 4.69) is 0 Å². The molecule has 1 aromatic rings. The Hall–Kier alpha value is -2.12. The highest BCUT2D eigenvalue weighted by Gasteiger charge is 2.42. The molecule has 0 aliphatic carbocycles. The van der Waals surface area contributed by atoms with Gasteiger partial charge in [-0.05, 0) is 18.9 Å². The Morgan fingerprint density at radius 3 is 2.71 bits per heavy atom. The van der Waals surface area contributed by atoms with Gasteiger partial charge in [0.15, 0.2) is 0 Å². The van der Waals surface area contributed by atoms with Crippen molar-refractivity contribution in [3.05, 3.63) is 39.9 Å². The van der Waals surface area contributed by atoms with Gasteiger partial charge in [0.25, 0.3) is 11.6 Å². The van der Waals surface area contributed by atoms with Crippen LogP contribution in [0.25, 0.3) is 0 Å². The minimum Gasteiger partial charge on any atom is -0.338 e. The fraction of sp³-hybridized carbons (Fsp3) is 0.462. The molecule has 0 spiro atoms. The van der Waals surface area contributed by atoms with Crippen LogP contribution in [-0.4, -0.2) is 35.0 Å². The van der Waals surface area contributed by atoms with Crippen LogP contribution in [0.5, 0.6) is 0 Å². The summed E-state index contributed by atoms with van der Waals surface area (Å²) in [5, 5.41) is 10.7. The van der Waals surface area contributed by atoms with Gasteiger partial charge in [0.05, 0.1) is 10.8 Å². The first-order chi connectivity index (χ1) is 9.79. The van der Waals surface area contributed by atoms with E-state index in [4.69, 9.17) is 0 Å². The van der Waals surface area contributed by atoms with Crippen molar-refractivity contribution in [2.45, 2.75) is 19.0 Å². The number of likely N-dealkylation sites (tertiary alicyclic amines) is 1. The van der Waals surface area contributed by atoms with Crippen molar-refractivity contribution in [2.75, 3.05) is 13.1 Å². The van der Waals surface area contributed by atoms with Gasteiger partial charge in [0.2, 0.25) is 0 Å². The third-order valence-electron chi connectivity index (χ3n) is 3.48. The maximum atomic E-state index is 12.7. The topological polar surface area (TPSA) is 63.4 Å². The van der Waals surface area contributed by atoms with Crippen LogP contribution >= 0.6 is 0 Å². The predicted molar refractivity (Wildman–Crippen MR) is 67.8 cm³/mol. The summed E-state index contributed by atoms with van der Waals surface area (Å²) in [7, 11) is 0. The third-order valence-corrected chi connectivity index (χ3v) is 3.48. The molecule has 5 nitrogen and oxygen atoms in total. The zero-order chi connectivity index (χ0) is 15.6. The molecule has 1 heterocycles. The molecule has 1 aromatic carbocycles. The Morgan fingerprint density at radius 1 is 1.38 bits per heavy atom. The van der Waals surface area contributed by atoms with E-state index in [1.54, 1.807) is 0 Å². The van der Waals surface area contributed by atoms with E-state index in [1.165, 1.54) is 18.2 Å². The van der Waals surface area contributed by atoms with Crippen LogP contribution in [0.1, 0.15) is 23.2 Å². The Balaban J connectivity index is 2.16. The van der Waals surface area contributed by atoms with Crippen molar-refractivity contribution in [1.29, 1.82) is 0 Å². The van der Waals surface area contributed by atoms with E-state index in [1.807, 2.05) is 0 Å². The second kappa shape index (κ2) is 5.71. The number of alkyl halides is 3. The number of nitro benzene ring substituents is 1. The molecular weight excluding hydrogens is 289 g/mol. The predicted octanol–water partition coefficient (Wildman–Crippen LogP) is 3.01. The second-order valence-corrected chi connectivity index (χ2v) is 4.94. The number of carbonyl (C=O) groups is 1. The molecule has 0 N–H and O–H groups in total. The van der Waals surface area contributed by atoms with Gasteiger partial charge in [-0.3, -0.25) is 14.9 Å². The summed E-state index contributed by atoms with van der Waals surface area (Å²) in [5.41, 5.74) is -0.225. The van der Waals surface area contributed by atoms with Crippen molar-refractivity contribution < 1.29 is 22.9 Å². The normalized spacial score (nSPS) is 19.4. The van der Waals surface area contributed by atoms with Crippen molar-refractivity contribution in [1.82, 2.24) is 4.90 Å². The Kier molecular flexibility index (Phi) is 4.15. The fourth-order valence-corrected chi connectivity index (χ4v) is 2.36. The lowest BCUT2D eigenvalue weighted by Crippen LogP contribution is -2.44. The van der Waals surface area contributed by atoms with E-state index >= 15 is 0 Å². The fourth-order valence-electron chi connectivity index (χ4n) is 2.36. The van der Waals surface area contributed by atoms with E-state index in [0.717, 1.165) is 11.0 Å². The van der Waals surface area contributed by atoms with Gasteiger partial charge in [0, 0.05) is 30.8 Å². The first-order valence-electron chi connectivity index (χ1n) is 6.39. The zero-order valence-electron chi connectivity index (χ0n) is 11.0. The average Bonchev–Trinajstić information content (AvgIpc) is 2.46. The number of hydrogen-bond donors (Lipinski definition) is 0. The molecule has 0 bridgehead atoms. The van der Waals surface area contributed by atoms with Gasteiger partial charge in [-0.1, -0.05) is 6.07 Å². The molecule has 8 heteroatoms. The highest BCUT2D eigenvalue weighted by Crippen LogP contribution is 2.33. The molecule has 1 amide bonds. The lowest BCUT2D eigenvalue weighted by Gasteiger charge is -2.33. The lowest BCUT2D eigenvalue weighted by molar-refractivity contribution is -0.384. The Labute approximate surface area is 118 Å². The largest absolute Gasteiger partial charge is 0.393 e. The number of amides is 1. The summed E-state index contributed by atoms with van der Waals surface area (Å²) >= 11 is 0. The van der Waals surface area contributed by atoms with Gasteiger partial charge in [-0.2, -0.15) is 13.2 Å². The van der Waals surface area contributed by atoms with Gasteiger partial charge in [-0.25, -0.2) is 0 Å². The standard InChI is InChI=1S/C13H13F3N2O3/c14-13(15,16)10-4-2-6-17(8-10)12(19)9-3-1-5-11(7-9)18(20)21/h1,3,5,7,10H,2,4,6,8H2/t10-/m0/s1. The smallest absolute Gasteiger partial charge is 0.338 e. The van der Waals surface area contributed by atoms with Gasteiger partial charge in [0.1, 0.15) is 0 Å². The third kappa shape index (κ3) is 3.50. The van der Waals surface area contributed by atoms with Crippen LogP contribution < -0.4 is 0 Å². The van der Waals surface area contributed by atoms with Crippen molar-refractivity contribution in [3.8, 4) is 0 Å². The molecule has 1 aliphatic rings. The average molecular weight is 302 g/mol. The van der Waals surface area contributed by atoms with Gasteiger partial charge in [-0.15, -0.1) is 0 Å². The molecule has 0 radical (unpaired) electrons. The number of nitrogens with zero attached hydrogens (tertiary/aromatic N) is 2. The molecule has 1 aliphatic heterocycles. The number of nitro groups is 1. The van der Waals surface area contributed by atoms with Crippen LogP contribution in [0.2, 0.25) is 0 Å². The molecule has 1 fully saturated rings. The second-order valence-electron chi connectivity index (χ2n) is 4.94. The lowest BCUT2D eigenvalue weighted by atomic mass is 9.97. The molecule has 2 rings (SSSR count). The van der Waals surface area contributed by atoms with E-state index in [-0.39, 0.29) is 30.6 Å². The highest BCUT2D eigenvalue weighted by atomic mass is 19.4. The summed E-state index contributed by atoms with van der Waals surface area (Å²) in [4.78, 5) is 23.3. The number of benzene rings is 1. The molecule has 0 aromatic heterocycles. The number of rotatable bonds is 2. The molecule has 1 saturated heterocycles. The summed E-state index contributed by atoms with van der Waals surface area (Å²) in [6.07, 6.45) is -4.06. The van der Waals surface area contributed by atoms with Gasteiger partial charge >= 0.3 is 6.18 Å². The van der Waals surface area contributed by atoms with Crippen LogP contribution in [0.3, 0.4) is 0 Å².